The molecule has 3 N–H and O–H groups in total. The van der Waals surface area contributed by atoms with Gasteiger partial charge < -0.3 is 20.6 Å². The number of benzene rings is 1. The maximum absolute atomic E-state index is 12.1. The first-order valence-electron chi connectivity index (χ1n) is 6.65. The zero-order valence-corrected chi connectivity index (χ0v) is 11.6. The Balaban J connectivity index is 1.99. The molecule has 1 atom stereocenters. The first kappa shape index (κ1) is 14.8. The third-order valence-electron chi connectivity index (χ3n) is 3.26. The van der Waals surface area contributed by atoms with Crippen molar-refractivity contribution >= 4 is 29.3 Å². The van der Waals surface area contributed by atoms with E-state index >= 15 is 0 Å². The van der Waals surface area contributed by atoms with Crippen molar-refractivity contribution < 1.29 is 19.5 Å². The molecule has 3 amide bonds. The SMILES string of the molecule is CC(=O)Nc1ccc(NC(=O)N2CCCC2C(=O)O)cc1. The number of rotatable bonds is 3. The van der Waals surface area contributed by atoms with Crippen molar-refractivity contribution in [3.63, 3.8) is 0 Å². The summed E-state index contributed by atoms with van der Waals surface area (Å²) in [7, 11) is 0. The third-order valence-corrected chi connectivity index (χ3v) is 3.26. The van der Waals surface area contributed by atoms with Crippen LogP contribution in [-0.2, 0) is 9.59 Å². The smallest absolute Gasteiger partial charge is 0.326 e. The van der Waals surface area contributed by atoms with Crippen LogP contribution in [0, 0.1) is 0 Å². The molecule has 0 aliphatic carbocycles. The van der Waals surface area contributed by atoms with Crippen LogP contribution in [0.2, 0.25) is 0 Å². The van der Waals surface area contributed by atoms with Gasteiger partial charge in [-0.1, -0.05) is 0 Å². The van der Waals surface area contributed by atoms with E-state index in [1.807, 2.05) is 0 Å². The van der Waals surface area contributed by atoms with Crippen molar-refractivity contribution in [1.82, 2.24) is 4.90 Å². The Morgan fingerprint density at radius 1 is 1.14 bits per heavy atom. The summed E-state index contributed by atoms with van der Waals surface area (Å²) in [6.07, 6.45) is 1.16. The largest absolute Gasteiger partial charge is 0.480 e. The number of carboxylic acids is 1. The molecule has 7 nitrogen and oxygen atoms in total. The number of carbonyl (C=O) groups excluding carboxylic acids is 2. The lowest BCUT2D eigenvalue weighted by molar-refractivity contribution is -0.141. The van der Waals surface area contributed by atoms with Gasteiger partial charge >= 0.3 is 12.0 Å². The van der Waals surface area contributed by atoms with E-state index in [1.165, 1.54) is 11.8 Å². The highest BCUT2D eigenvalue weighted by Crippen LogP contribution is 2.20. The van der Waals surface area contributed by atoms with E-state index in [9.17, 15) is 14.4 Å². The molecular formula is C14H17N3O4. The summed E-state index contributed by atoms with van der Waals surface area (Å²) in [6.45, 7) is 1.85. The quantitative estimate of drug-likeness (QED) is 0.789. The summed E-state index contributed by atoms with van der Waals surface area (Å²) in [4.78, 5) is 35.4. The van der Waals surface area contributed by atoms with E-state index in [0.717, 1.165) is 0 Å². The fourth-order valence-electron chi connectivity index (χ4n) is 2.30. The van der Waals surface area contributed by atoms with Gasteiger partial charge in [0, 0.05) is 24.8 Å². The molecule has 0 radical (unpaired) electrons. The van der Waals surface area contributed by atoms with Crippen LogP contribution in [0.15, 0.2) is 24.3 Å². The number of hydrogen-bond donors (Lipinski definition) is 3. The van der Waals surface area contributed by atoms with Gasteiger partial charge in [0.25, 0.3) is 0 Å². The molecule has 1 aromatic carbocycles. The average Bonchev–Trinajstić information content (AvgIpc) is 2.90. The predicted octanol–water partition coefficient (Wildman–Crippen LogP) is 1.73. The zero-order chi connectivity index (χ0) is 15.4. The highest BCUT2D eigenvalue weighted by atomic mass is 16.4. The highest BCUT2D eigenvalue weighted by molar-refractivity contribution is 5.93. The molecule has 0 spiro atoms. The Morgan fingerprint density at radius 2 is 1.71 bits per heavy atom. The molecule has 112 valence electrons. The molecular weight excluding hydrogens is 274 g/mol. The Labute approximate surface area is 121 Å². The number of likely N-dealkylation sites (tertiary alicyclic amines) is 1. The zero-order valence-electron chi connectivity index (χ0n) is 11.6. The lowest BCUT2D eigenvalue weighted by Gasteiger charge is -2.21. The van der Waals surface area contributed by atoms with E-state index in [0.29, 0.717) is 30.8 Å². The number of anilines is 2. The van der Waals surface area contributed by atoms with Crippen LogP contribution >= 0.6 is 0 Å². The van der Waals surface area contributed by atoms with Crippen molar-refractivity contribution in [3.8, 4) is 0 Å². The maximum atomic E-state index is 12.1. The second-order valence-corrected chi connectivity index (χ2v) is 4.88. The molecule has 1 saturated heterocycles. The van der Waals surface area contributed by atoms with Gasteiger partial charge in [0.2, 0.25) is 5.91 Å². The molecule has 21 heavy (non-hydrogen) atoms. The van der Waals surface area contributed by atoms with Crippen LogP contribution in [0.25, 0.3) is 0 Å². The Morgan fingerprint density at radius 3 is 2.24 bits per heavy atom. The van der Waals surface area contributed by atoms with Crippen LogP contribution < -0.4 is 10.6 Å². The minimum Gasteiger partial charge on any atom is -0.480 e. The molecule has 1 fully saturated rings. The lowest BCUT2D eigenvalue weighted by Crippen LogP contribution is -2.42. The summed E-state index contributed by atoms with van der Waals surface area (Å²) >= 11 is 0. The average molecular weight is 291 g/mol. The molecule has 0 aromatic heterocycles. The van der Waals surface area contributed by atoms with E-state index in [2.05, 4.69) is 10.6 Å². The molecule has 1 aliphatic rings. The van der Waals surface area contributed by atoms with Crippen molar-refractivity contribution in [2.75, 3.05) is 17.2 Å². The van der Waals surface area contributed by atoms with Crippen molar-refractivity contribution in [3.05, 3.63) is 24.3 Å². The van der Waals surface area contributed by atoms with Crippen LogP contribution in [0.4, 0.5) is 16.2 Å². The van der Waals surface area contributed by atoms with E-state index in [1.54, 1.807) is 24.3 Å². The summed E-state index contributed by atoms with van der Waals surface area (Å²) < 4.78 is 0. The molecule has 2 rings (SSSR count). The second-order valence-electron chi connectivity index (χ2n) is 4.88. The van der Waals surface area contributed by atoms with E-state index in [-0.39, 0.29) is 5.91 Å². The normalized spacial score (nSPS) is 17.4. The first-order chi connectivity index (χ1) is 9.97. The minimum atomic E-state index is -0.983. The molecule has 1 heterocycles. The molecule has 1 unspecified atom stereocenters. The number of aliphatic carboxylic acids is 1. The minimum absolute atomic E-state index is 0.173. The molecule has 7 heteroatoms. The Bertz CT molecular complexity index is 556. The Hall–Kier alpha value is -2.57. The molecule has 1 aromatic rings. The summed E-state index contributed by atoms with van der Waals surface area (Å²) in [5.74, 6) is -1.16. The number of nitrogens with one attached hydrogen (secondary N) is 2. The summed E-state index contributed by atoms with van der Waals surface area (Å²) in [6, 6.07) is 5.44. The fourth-order valence-corrected chi connectivity index (χ4v) is 2.30. The monoisotopic (exact) mass is 291 g/mol. The number of carbonyl (C=O) groups is 3. The first-order valence-corrected chi connectivity index (χ1v) is 6.65. The number of carboxylic acid groups (broad SMARTS) is 1. The number of hydrogen-bond acceptors (Lipinski definition) is 3. The highest BCUT2D eigenvalue weighted by Gasteiger charge is 2.33. The van der Waals surface area contributed by atoms with Crippen molar-refractivity contribution in [2.45, 2.75) is 25.8 Å². The summed E-state index contributed by atoms with van der Waals surface area (Å²) in [5.41, 5.74) is 1.18. The maximum Gasteiger partial charge on any atom is 0.326 e. The Kier molecular flexibility index (Phi) is 4.42. The van der Waals surface area contributed by atoms with Gasteiger partial charge in [-0.2, -0.15) is 0 Å². The van der Waals surface area contributed by atoms with E-state index < -0.39 is 18.0 Å². The van der Waals surface area contributed by atoms with Gasteiger partial charge in [0.1, 0.15) is 6.04 Å². The van der Waals surface area contributed by atoms with Gasteiger partial charge in [-0.3, -0.25) is 4.79 Å². The van der Waals surface area contributed by atoms with Gasteiger partial charge in [-0.05, 0) is 37.1 Å². The summed E-state index contributed by atoms with van der Waals surface area (Å²) in [5, 5.41) is 14.3. The van der Waals surface area contributed by atoms with Crippen LogP contribution in [0.3, 0.4) is 0 Å². The van der Waals surface area contributed by atoms with Gasteiger partial charge in [0.15, 0.2) is 0 Å². The predicted molar refractivity (Wildman–Crippen MR) is 77.1 cm³/mol. The van der Waals surface area contributed by atoms with E-state index in [4.69, 9.17) is 5.11 Å². The number of nitrogens with zero attached hydrogens (tertiary/aromatic N) is 1. The van der Waals surface area contributed by atoms with Crippen LogP contribution in [-0.4, -0.2) is 40.5 Å². The standard InChI is InChI=1S/C14H17N3O4/c1-9(18)15-10-4-6-11(7-5-10)16-14(21)17-8-2-3-12(17)13(19)20/h4-7,12H,2-3,8H2,1H3,(H,15,18)(H,16,21)(H,19,20). The lowest BCUT2D eigenvalue weighted by atomic mass is 10.2. The molecule has 0 bridgehead atoms. The van der Waals surface area contributed by atoms with Gasteiger partial charge in [0.05, 0.1) is 0 Å². The second kappa shape index (κ2) is 6.25. The van der Waals surface area contributed by atoms with Crippen molar-refractivity contribution in [2.24, 2.45) is 0 Å². The molecule has 1 aliphatic heterocycles. The number of amides is 3. The molecule has 0 saturated carbocycles. The fraction of sp³-hybridized carbons (Fsp3) is 0.357. The third kappa shape index (κ3) is 3.71. The van der Waals surface area contributed by atoms with Gasteiger partial charge in [-0.15, -0.1) is 0 Å². The number of urea groups is 1. The van der Waals surface area contributed by atoms with Crippen molar-refractivity contribution in [1.29, 1.82) is 0 Å². The van der Waals surface area contributed by atoms with Crippen LogP contribution in [0.5, 0.6) is 0 Å². The van der Waals surface area contributed by atoms with Crippen LogP contribution in [0.1, 0.15) is 19.8 Å². The van der Waals surface area contributed by atoms with Gasteiger partial charge in [-0.25, -0.2) is 9.59 Å². The topological polar surface area (TPSA) is 98.7 Å².